The third kappa shape index (κ3) is 4.09. The van der Waals surface area contributed by atoms with Gasteiger partial charge in [0.2, 0.25) is 5.91 Å². The van der Waals surface area contributed by atoms with Gasteiger partial charge >= 0.3 is 0 Å². The van der Waals surface area contributed by atoms with E-state index in [1.54, 1.807) is 34.4 Å². The fraction of sp³-hybridized carbons (Fsp3) is 0.222. The van der Waals surface area contributed by atoms with E-state index in [4.69, 9.17) is 0 Å². The summed E-state index contributed by atoms with van der Waals surface area (Å²) in [6.45, 7) is 2.81. The van der Waals surface area contributed by atoms with Crippen LogP contribution < -0.4 is 5.32 Å². The van der Waals surface area contributed by atoms with Crippen molar-refractivity contribution in [2.75, 3.05) is 17.3 Å². The Morgan fingerprint density at radius 1 is 1.29 bits per heavy atom. The van der Waals surface area contributed by atoms with Crippen LogP contribution in [-0.4, -0.2) is 37.7 Å². The van der Waals surface area contributed by atoms with Crippen LogP contribution >= 0.6 is 46.2 Å². The molecule has 0 aliphatic rings. The van der Waals surface area contributed by atoms with Gasteiger partial charge in [-0.2, -0.15) is 0 Å². The van der Waals surface area contributed by atoms with Crippen LogP contribution in [-0.2, 0) is 11.3 Å². The molecule has 144 valence electrons. The quantitative estimate of drug-likeness (QED) is 0.398. The first-order chi connectivity index (χ1) is 13.7. The maximum Gasteiger partial charge on any atom is 0.234 e. The number of carbonyl (C=O) groups excluding carboxylic acids is 1. The molecule has 0 fully saturated rings. The number of hydrogen-bond donors (Lipinski definition) is 1. The van der Waals surface area contributed by atoms with Crippen molar-refractivity contribution >= 4 is 68.0 Å². The van der Waals surface area contributed by atoms with Crippen molar-refractivity contribution in [3.05, 3.63) is 35.7 Å². The summed E-state index contributed by atoms with van der Waals surface area (Å²) in [5, 5.41) is 14.3. The molecule has 28 heavy (non-hydrogen) atoms. The molecule has 0 aliphatic carbocycles. The van der Waals surface area contributed by atoms with Crippen LogP contribution in [0, 0.1) is 0 Å². The van der Waals surface area contributed by atoms with E-state index in [1.807, 2.05) is 46.5 Å². The second-order valence-corrected chi connectivity index (χ2v) is 9.71. The molecule has 6 nitrogen and oxygen atoms in total. The molecule has 0 aliphatic heterocycles. The number of amides is 1. The minimum atomic E-state index is -0.0673. The Hall–Kier alpha value is -1.88. The number of benzene rings is 1. The molecule has 0 saturated carbocycles. The molecule has 3 aromatic heterocycles. The number of aromatic nitrogens is 4. The number of carbonyl (C=O) groups is 1. The van der Waals surface area contributed by atoms with Gasteiger partial charge in [0, 0.05) is 12.2 Å². The lowest BCUT2D eigenvalue weighted by molar-refractivity contribution is -0.113. The number of thiazole rings is 1. The van der Waals surface area contributed by atoms with Gasteiger partial charge in [0.25, 0.3) is 0 Å². The molecule has 3 heterocycles. The predicted molar refractivity (Wildman–Crippen MR) is 120 cm³/mol. The van der Waals surface area contributed by atoms with E-state index in [9.17, 15) is 4.79 Å². The van der Waals surface area contributed by atoms with E-state index in [1.165, 1.54) is 11.8 Å². The minimum Gasteiger partial charge on any atom is -0.325 e. The summed E-state index contributed by atoms with van der Waals surface area (Å²) in [6.07, 6.45) is 2.01. The summed E-state index contributed by atoms with van der Waals surface area (Å²) in [4.78, 5) is 18.0. The van der Waals surface area contributed by atoms with Crippen molar-refractivity contribution in [3.63, 3.8) is 0 Å². The lowest BCUT2D eigenvalue weighted by atomic mass is 10.3. The average Bonchev–Trinajstić information content (AvgIpc) is 3.43. The van der Waals surface area contributed by atoms with Crippen molar-refractivity contribution < 1.29 is 4.79 Å². The van der Waals surface area contributed by atoms with E-state index in [2.05, 4.69) is 27.4 Å². The molecule has 10 heteroatoms. The van der Waals surface area contributed by atoms with Crippen LogP contribution in [0.2, 0.25) is 0 Å². The van der Waals surface area contributed by atoms with Gasteiger partial charge in [-0.1, -0.05) is 29.6 Å². The van der Waals surface area contributed by atoms with Crippen LogP contribution in [0.3, 0.4) is 0 Å². The van der Waals surface area contributed by atoms with Gasteiger partial charge in [0.15, 0.2) is 15.3 Å². The minimum absolute atomic E-state index is 0.0673. The molecule has 0 radical (unpaired) electrons. The van der Waals surface area contributed by atoms with Crippen molar-refractivity contribution in [1.82, 2.24) is 19.7 Å². The Bertz CT molecular complexity index is 1100. The van der Waals surface area contributed by atoms with Crippen molar-refractivity contribution in [2.45, 2.75) is 23.0 Å². The number of anilines is 1. The van der Waals surface area contributed by atoms with E-state index < -0.39 is 0 Å². The van der Waals surface area contributed by atoms with Gasteiger partial charge in [-0.15, -0.1) is 32.9 Å². The van der Waals surface area contributed by atoms with E-state index >= 15 is 0 Å². The monoisotopic (exact) mass is 447 g/mol. The lowest BCUT2D eigenvalue weighted by Gasteiger charge is -2.07. The lowest BCUT2D eigenvalue weighted by Crippen LogP contribution is -2.14. The first-order valence-corrected chi connectivity index (χ1v) is 12.4. The van der Waals surface area contributed by atoms with Crippen LogP contribution in [0.15, 0.2) is 45.2 Å². The summed E-state index contributed by atoms with van der Waals surface area (Å²) in [5.41, 5.74) is 1.74. The van der Waals surface area contributed by atoms with Crippen LogP contribution in [0.4, 0.5) is 5.69 Å². The largest absolute Gasteiger partial charge is 0.325 e. The van der Waals surface area contributed by atoms with Crippen LogP contribution in [0.5, 0.6) is 0 Å². The number of thiophene rings is 1. The first kappa shape index (κ1) is 19.4. The number of rotatable bonds is 7. The SMILES string of the molecule is CCn1c(SCC(=O)Nc2ccc3nc(SC)sc3c2)nnc1-c1cccs1. The molecule has 1 aromatic carbocycles. The molecule has 4 rings (SSSR count). The Morgan fingerprint density at radius 2 is 2.18 bits per heavy atom. The van der Waals surface area contributed by atoms with Crippen molar-refractivity contribution in [1.29, 1.82) is 0 Å². The summed E-state index contributed by atoms with van der Waals surface area (Å²) in [7, 11) is 0. The Morgan fingerprint density at radius 3 is 2.93 bits per heavy atom. The molecule has 4 aromatic rings. The van der Waals surface area contributed by atoms with Gasteiger partial charge in [0.05, 0.1) is 20.8 Å². The molecule has 0 spiro atoms. The number of nitrogens with one attached hydrogen (secondary N) is 1. The smallest absolute Gasteiger partial charge is 0.234 e. The number of nitrogens with zero attached hydrogens (tertiary/aromatic N) is 4. The van der Waals surface area contributed by atoms with E-state index in [-0.39, 0.29) is 11.7 Å². The standard InChI is InChI=1S/C18H17N5OS4/c1-3-23-16(13-5-4-8-26-13)21-22-17(23)27-10-15(24)19-11-6-7-12-14(9-11)28-18(20-12)25-2/h4-9H,3,10H2,1-2H3,(H,19,24). The molecular weight excluding hydrogens is 431 g/mol. The van der Waals surface area contributed by atoms with E-state index in [0.717, 1.165) is 42.6 Å². The summed E-state index contributed by atoms with van der Waals surface area (Å²) in [5.74, 6) is 1.06. The third-order valence-electron chi connectivity index (χ3n) is 3.93. The maximum absolute atomic E-state index is 12.4. The zero-order valence-electron chi connectivity index (χ0n) is 15.2. The number of fused-ring (bicyclic) bond motifs is 1. The third-order valence-corrected chi connectivity index (χ3v) is 7.77. The Kier molecular flexibility index (Phi) is 6.00. The number of thioether (sulfide) groups is 2. The van der Waals surface area contributed by atoms with Gasteiger partial charge in [-0.3, -0.25) is 4.79 Å². The summed E-state index contributed by atoms with van der Waals surface area (Å²) >= 11 is 6.29. The predicted octanol–water partition coefficient (Wildman–Crippen LogP) is 5.09. The Balaban J connectivity index is 1.42. The fourth-order valence-electron chi connectivity index (χ4n) is 2.66. The van der Waals surface area contributed by atoms with Gasteiger partial charge in [0.1, 0.15) is 0 Å². The normalized spacial score (nSPS) is 11.2. The maximum atomic E-state index is 12.4. The molecular formula is C18H17N5OS4. The zero-order valence-corrected chi connectivity index (χ0v) is 18.5. The second kappa shape index (κ2) is 8.64. The highest BCUT2D eigenvalue weighted by atomic mass is 32.2. The molecule has 0 atom stereocenters. The highest BCUT2D eigenvalue weighted by Gasteiger charge is 2.15. The molecule has 0 saturated heterocycles. The second-order valence-electron chi connectivity index (χ2n) is 5.73. The molecule has 0 bridgehead atoms. The highest BCUT2D eigenvalue weighted by Crippen LogP contribution is 2.30. The highest BCUT2D eigenvalue weighted by molar-refractivity contribution is 8.00. The molecule has 1 N–H and O–H groups in total. The van der Waals surface area contributed by atoms with Crippen molar-refractivity contribution in [3.8, 4) is 10.7 Å². The van der Waals surface area contributed by atoms with Crippen LogP contribution in [0.25, 0.3) is 20.9 Å². The van der Waals surface area contributed by atoms with E-state index in [0.29, 0.717) is 0 Å². The molecule has 1 amide bonds. The fourth-order valence-corrected chi connectivity index (χ4v) is 5.71. The van der Waals surface area contributed by atoms with Crippen LogP contribution in [0.1, 0.15) is 6.92 Å². The molecule has 0 unspecified atom stereocenters. The number of hydrogen-bond acceptors (Lipinski definition) is 8. The Labute approximate surface area is 178 Å². The summed E-state index contributed by atoms with van der Waals surface area (Å²) in [6, 6.07) is 9.82. The van der Waals surface area contributed by atoms with Gasteiger partial charge in [-0.25, -0.2) is 4.98 Å². The van der Waals surface area contributed by atoms with Crippen molar-refractivity contribution in [2.24, 2.45) is 0 Å². The van der Waals surface area contributed by atoms with Gasteiger partial charge < -0.3 is 9.88 Å². The average molecular weight is 448 g/mol. The topological polar surface area (TPSA) is 72.7 Å². The zero-order chi connectivity index (χ0) is 19.5. The van der Waals surface area contributed by atoms with Gasteiger partial charge in [-0.05, 0) is 42.8 Å². The summed E-state index contributed by atoms with van der Waals surface area (Å²) < 4.78 is 4.13. The first-order valence-electron chi connectivity index (χ1n) is 8.52.